The van der Waals surface area contributed by atoms with Crippen molar-refractivity contribution in [3.05, 3.63) is 30.5 Å². The number of benzene rings is 1. The van der Waals surface area contributed by atoms with Gasteiger partial charge < -0.3 is 5.73 Å². The molecule has 1 aromatic carbocycles. The highest BCUT2D eigenvalue weighted by molar-refractivity contribution is 6.05. The van der Waals surface area contributed by atoms with Gasteiger partial charge in [0.15, 0.2) is 5.65 Å². The number of hydrogen-bond acceptors (Lipinski definition) is 3. The van der Waals surface area contributed by atoms with Gasteiger partial charge in [-0.2, -0.15) is 5.10 Å². The summed E-state index contributed by atoms with van der Waals surface area (Å²) in [7, 11) is 0. The summed E-state index contributed by atoms with van der Waals surface area (Å²) in [5.41, 5.74) is 8.98. The number of fused-ring (bicyclic) bond motifs is 2. The number of anilines is 1. The third-order valence-corrected chi connectivity index (χ3v) is 5.00. The lowest BCUT2D eigenvalue weighted by Crippen LogP contribution is -2.11. The van der Waals surface area contributed by atoms with Gasteiger partial charge in [0, 0.05) is 11.9 Å². The number of nitrogen functional groups attached to an aromatic ring is 1. The minimum absolute atomic E-state index is 0.796. The van der Waals surface area contributed by atoms with E-state index in [2.05, 4.69) is 5.10 Å². The van der Waals surface area contributed by atoms with Crippen LogP contribution in [0.3, 0.4) is 0 Å². The van der Waals surface area contributed by atoms with Crippen LogP contribution >= 0.6 is 0 Å². The monoisotopic (exact) mass is 294 g/mol. The van der Waals surface area contributed by atoms with Crippen LogP contribution in [0.25, 0.3) is 21.9 Å². The molecular formula is C18H22N4. The molecule has 0 bridgehead atoms. The molecule has 114 valence electrons. The molecule has 4 nitrogen and oxygen atoms in total. The maximum Gasteiger partial charge on any atom is 0.160 e. The summed E-state index contributed by atoms with van der Waals surface area (Å²) in [5, 5.41) is 6.53. The third kappa shape index (κ3) is 2.32. The van der Waals surface area contributed by atoms with Crippen molar-refractivity contribution in [1.29, 1.82) is 0 Å². The Balaban J connectivity index is 1.66. The number of nitrogens with two attached hydrogens (primary N) is 1. The summed E-state index contributed by atoms with van der Waals surface area (Å²) < 4.78 is 2.03. The SMILES string of the molecule is Nc1c2ccccc2nc2c1cnn2CCC1CCCCC1. The van der Waals surface area contributed by atoms with E-state index in [0.717, 1.165) is 40.1 Å². The van der Waals surface area contributed by atoms with Gasteiger partial charge in [0.2, 0.25) is 0 Å². The van der Waals surface area contributed by atoms with Gasteiger partial charge in [-0.05, 0) is 18.4 Å². The Morgan fingerprint density at radius 2 is 1.91 bits per heavy atom. The van der Waals surface area contributed by atoms with Gasteiger partial charge in [-0.15, -0.1) is 0 Å². The van der Waals surface area contributed by atoms with Crippen LogP contribution < -0.4 is 5.73 Å². The van der Waals surface area contributed by atoms with Crippen LogP contribution in [-0.2, 0) is 6.54 Å². The number of aromatic nitrogens is 3. The van der Waals surface area contributed by atoms with E-state index in [1.165, 1.54) is 38.5 Å². The van der Waals surface area contributed by atoms with Gasteiger partial charge in [0.1, 0.15) is 0 Å². The molecule has 1 fully saturated rings. The highest BCUT2D eigenvalue weighted by atomic mass is 15.3. The average Bonchev–Trinajstić information content (AvgIpc) is 2.97. The Morgan fingerprint density at radius 1 is 1.09 bits per heavy atom. The molecule has 4 heteroatoms. The molecule has 1 aliphatic carbocycles. The number of rotatable bonds is 3. The van der Waals surface area contributed by atoms with Gasteiger partial charge in [0.25, 0.3) is 0 Å². The summed E-state index contributed by atoms with van der Waals surface area (Å²) in [5.74, 6) is 0.853. The van der Waals surface area contributed by atoms with Crippen molar-refractivity contribution in [2.45, 2.75) is 45.1 Å². The fraction of sp³-hybridized carbons (Fsp3) is 0.444. The first-order valence-electron chi connectivity index (χ1n) is 8.32. The molecule has 4 rings (SSSR count). The predicted octanol–water partition coefficient (Wildman–Crippen LogP) is 4.14. The Kier molecular flexibility index (Phi) is 3.45. The first-order valence-corrected chi connectivity index (χ1v) is 8.32. The highest BCUT2D eigenvalue weighted by Gasteiger charge is 2.15. The zero-order valence-electron chi connectivity index (χ0n) is 12.8. The number of nitrogens with zero attached hydrogens (tertiary/aromatic N) is 3. The first-order chi connectivity index (χ1) is 10.8. The Hall–Kier alpha value is -2.10. The van der Waals surface area contributed by atoms with E-state index in [4.69, 9.17) is 10.7 Å². The highest BCUT2D eigenvalue weighted by Crippen LogP contribution is 2.29. The van der Waals surface area contributed by atoms with Crippen molar-refractivity contribution in [2.24, 2.45) is 5.92 Å². The van der Waals surface area contributed by atoms with Gasteiger partial charge in [-0.3, -0.25) is 0 Å². The quantitative estimate of drug-likeness (QED) is 0.790. The minimum Gasteiger partial charge on any atom is -0.398 e. The van der Waals surface area contributed by atoms with Crippen LogP contribution in [0.15, 0.2) is 30.5 Å². The van der Waals surface area contributed by atoms with Crippen molar-refractivity contribution in [1.82, 2.24) is 14.8 Å². The van der Waals surface area contributed by atoms with E-state index in [-0.39, 0.29) is 0 Å². The first kappa shape index (κ1) is 13.6. The van der Waals surface area contributed by atoms with Crippen molar-refractivity contribution >= 4 is 27.6 Å². The zero-order chi connectivity index (χ0) is 14.9. The molecule has 0 radical (unpaired) electrons. The fourth-order valence-corrected chi connectivity index (χ4v) is 3.69. The van der Waals surface area contributed by atoms with Crippen molar-refractivity contribution in [3.63, 3.8) is 0 Å². The lowest BCUT2D eigenvalue weighted by atomic mass is 9.87. The van der Waals surface area contributed by atoms with E-state index in [9.17, 15) is 0 Å². The second-order valence-electron chi connectivity index (χ2n) is 6.44. The molecule has 0 aliphatic heterocycles. The van der Waals surface area contributed by atoms with E-state index < -0.39 is 0 Å². The fourth-order valence-electron chi connectivity index (χ4n) is 3.69. The van der Waals surface area contributed by atoms with Crippen LogP contribution in [0.4, 0.5) is 5.69 Å². The second-order valence-corrected chi connectivity index (χ2v) is 6.44. The maximum absolute atomic E-state index is 6.31. The minimum atomic E-state index is 0.796. The lowest BCUT2D eigenvalue weighted by molar-refractivity contribution is 0.320. The molecular weight excluding hydrogens is 272 g/mol. The van der Waals surface area contributed by atoms with Crippen LogP contribution in [0.2, 0.25) is 0 Å². The molecule has 0 saturated heterocycles. The maximum atomic E-state index is 6.31. The molecule has 3 aromatic rings. The number of pyridine rings is 1. The smallest absolute Gasteiger partial charge is 0.160 e. The Labute approximate surface area is 130 Å². The third-order valence-electron chi connectivity index (χ3n) is 5.00. The standard InChI is InChI=1S/C18H22N4/c19-17-14-8-4-5-9-16(14)21-18-15(17)12-20-22(18)11-10-13-6-2-1-3-7-13/h4-5,8-9,12-13H,1-3,6-7,10-11H2,(H2,19,21). The molecule has 1 aliphatic rings. The molecule has 0 unspecified atom stereocenters. The number of hydrogen-bond donors (Lipinski definition) is 1. The van der Waals surface area contributed by atoms with Crippen LogP contribution in [0.1, 0.15) is 38.5 Å². The van der Waals surface area contributed by atoms with Crippen molar-refractivity contribution in [3.8, 4) is 0 Å². The van der Waals surface area contributed by atoms with Gasteiger partial charge >= 0.3 is 0 Å². The van der Waals surface area contributed by atoms with Crippen LogP contribution in [0, 0.1) is 5.92 Å². The van der Waals surface area contributed by atoms with E-state index in [1.807, 2.05) is 35.1 Å². The van der Waals surface area contributed by atoms with Gasteiger partial charge in [-0.25, -0.2) is 9.67 Å². The lowest BCUT2D eigenvalue weighted by Gasteiger charge is -2.21. The van der Waals surface area contributed by atoms with E-state index in [1.54, 1.807) is 0 Å². The molecule has 1 saturated carbocycles. The number of aryl methyl sites for hydroxylation is 1. The molecule has 2 aromatic heterocycles. The molecule has 0 amide bonds. The number of para-hydroxylation sites is 1. The van der Waals surface area contributed by atoms with Gasteiger partial charge in [0.05, 0.1) is 22.8 Å². The zero-order valence-corrected chi connectivity index (χ0v) is 12.8. The Morgan fingerprint density at radius 3 is 2.77 bits per heavy atom. The molecule has 2 N–H and O–H groups in total. The van der Waals surface area contributed by atoms with Gasteiger partial charge in [-0.1, -0.05) is 50.3 Å². The predicted molar refractivity (Wildman–Crippen MR) is 90.6 cm³/mol. The molecule has 0 spiro atoms. The van der Waals surface area contributed by atoms with Crippen molar-refractivity contribution < 1.29 is 0 Å². The van der Waals surface area contributed by atoms with Crippen LogP contribution in [0.5, 0.6) is 0 Å². The Bertz CT molecular complexity index is 799. The average molecular weight is 294 g/mol. The summed E-state index contributed by atoms with van der Waals surface area (Å²) in [6, 6.07) is 8.04. The summed E-state index contributed by atoms with van der Waals surface area (Å²) in [4.78, 5) is 4.78. The second kappa shape index (κ2) is 5.59. The van der Waals surface area contributed by atoms with E-state index >= 15 is 0 Å². The molecule has 0 atom stereocenters. The molecule has 2 heterocycles. The molecule has 22 heavy (non-hydrogen) atoms. The summed E-state index contributed by atoms with van der Waals surface area (Å²) in [6.07, 6.45) is 10.00. The van der Waals surface area contributed by atoms with E-state index in [0.29, 0.717) is 0 Å². The normalized spacial score (nSPS) is 16.5. The summed E-state index contributed by atoms with van der Waals surface area (Å²) in [6.45, 7) is 0.943. The largest absolute Gasteiger partial charge is 0.398 e. The topological polar surface area (TPSA) is 56.7 Å². The van der Waals surface area contributed by atoms with Crippen LogP contribution in [-0.4, -0.2) is 14.8 Å². The van der Waals surface area contributed by atoms with Crippen molar-refractivity contribution in [2.75, 3.05) is 5.73 Å². The summed E-state index contributed by atoms with van der Waals surface area (Å²) >= 11 is 0.